The average molecular weight is 397 g/mol. The fourth-order valence-corrected chi connectivity index (χ4v) is 4.17. The molecule has 0 radical (unpaired) electrons. The van der Waals surface area contributed by atoms with Crippen LogP contribution in [0.1, 0.15) is 17.0 Å². The number of carbonyl (C=O) groups is 1. The topological polar surface area (TPSA) is 73.6 Å². The molecule has 0 aliphatic heterocycles. The minimum Gasteiger partial charge on any atom is -0.459 e. The van der Waals surface area contributed by atoms with E-state index in [2.05, 4.69) is 16.0 Å². The fourth-order valence-electron chi connectivity index (χ4n) is 2.61. The summed E-state index contributed by atoms with van der Waals surface area (Å²) >= 11 is 2.86. The first-order valence-corrected chi connectivity index (χ1v) is 9.97. The van der Waals surface area contributed by atoms with Crippen LogP contribution in [0.25, 0.3) is 15.5 Å². The summed E-state index contributed by atoms with van der Waals surface area (Å²) in [5, 5.41) is 4.52. The highest BCUT2D eigenvalue weighted by Crippen LogP contribution is 2.24. The third-order valence-electron chi connectivity index (χ3n) is 3.88. The quantitative estimate of drug-likeness (QED) is 0.482. The van der Waals surface area contributed by atoms with Gasteiger partial charge in [-0.15, -0.1) is 22.7 Å². The summed E-state index contributed by atoms with van der Waals surface area (Å²) in [7, 11) is 0. The van der Waals surface area contributed by atoms with Crippen LogP contribution in [0, 0.1) is 6.92 Å². The Labute approximate surface area is 162 Å². The zero-order chi connectivity index (χ0) is 18.8. The first kappa shape index (κ1) is 17.6. The van der Waals surface area contributed by atoms with Gasteiger partial charge in [-0.05, 0) is 13.0 Å². The van der Waals surface area contributed by atoms with Crippen LogP contribution in [0.2, 0.25) is 0 Å². The van der Waals surface area contributed by atoms with Gasteiger partial charge in [-0.25, -0.2) is 9.97 Å². The van der Waals surface area contributed by atoms with Crippen LogP contribution in [0.4, 0.5) is 0 Å². The maximum absolute atomic E-state index is 12.1. The maximum atomic E-state index is 12.1. The van der Waals surface area contributed by atoms with E-state index in [1.54, 1.807) is 11.6 Å². The minimum atomic E-state index is -0.399. The zero-order valence-corrected chi connectivity index (χ0v) is 16.0. The Hall–Kier alpha value is -2.84. The van der Waals surface area contributed by atoms with Crippen molar-refractivity contribution in [2.45, 2.75) is 20.0 Å². The van der Waals surface area contributed by atoms with Gasteiger partial charge in [0.15, 0.2) is 4.96 Å². The minimum absolute atomic E-state index is 0.0304. The Morgan fingerprint density at radius 3 is 2.93 bits per heavy atom. The molecule has 0 fully saturated rings. The van der Waals surface area contributed by atoms with Crippen molar-refractivity contribution in [2.24, 2.45) is 0 Å². The van der Waals surface area contributed by atoms with Gasteiger partial charge in [0, 0.05) is 28.6 Å². The molecule has 8 heteroatoms. The largest absolute Gasteiger partial charge is 0.459 e. The Morgan fingerprint density at radius 2 is 2.07 bits per heavy atom. The molecule has 0 atom stereocenters. The monoisotopic (exact) mass is 397 g/mol. The fraction of sp³-hybridized carbons (Fsp3) is 0.158. The molecule has 0 bridgehead atoms. The molecule has 3 heterocycles. The Morgan fingerprint density at radius 1 is 1.19 bits per heavy atom. The number of carbonyl (C=O) groups excluding carboxylic acids is 1. The predicted molar refractivity (Wildman–Crippen MR) is 105 cm³/mol. The molecule has 0 amide bonds. The van der Waals surface area contributed by atoms with Crippen molar-refractivity contribution in [3.05, 3.63) is 74.6 Å². The number of esters is 1. The second-order valence-corrected chi connectivity index (χ2v) is 7.72. The molecule has 0 saturated carbocycles. The van der Waals surface area contributed by atoms with Gasteiger partial charge in [-0.2, -0.15) is 0 Å². The van der Waals surface area contributed by atoms with Crippen LogP contribution in [0.3, 0.4) is 0 Å². The lowest BCUT2D eigenvalue weighted by molar-refractivity contribution is -0.144. The number of thiazole rings is 2. The van der Waals surface area contributed by atoms with Crippen LogP contribution in [-0.4, -0.2) is 20.3 Å². The average Bonchev–Trinajstić information content (AvgIpc) is 3.29. The summed E-state index contributed by atoms with van der Waals surface area (Å²) in [5.74, 6) is -0.399. The summed E-state index contributed by atoms with van der Waals surface area (Å²) in [6, 6.07) is 9.46. The Balaban J connectivity index is 1.40. The molecule has 0 unspecified atom stereocenters. The molecule has 1 aromatic carbocycles. The van der Waals surface area contributed by atoms with Gasteiger partial charge in [0.05, 0.1) is 17.8 Å². The molecular weight excluding hydrogens is 382 g/mol. The lowest BCUT2D eigenvalue weighted by atomic mass is 10.1. The van der Waals surface area contributed by atoms with E-state index >= 15 is 0 Å². The second kappa shape index (κ2) is 7.42. The van der Waals surface area contributed by atoms with Gasteiger partial charge in [0.1, 0.15) is 11.6 Å². The van der Waals surface area contributed by atoms with Gasteiger partial charge in [-0.1, -0.05) is 23.8 Å². The van der Waals surface area contributed by atoms with E-state index in [9.17, 15) is 9.59 Å². The van der Waals surface area contributed by atoms with Crippen molar-refractivity contribution in [2.75, 3.05) is 0 Å². The first-order chi connectivity index (χ1) is 13.1. The maximum Gasteiger partial charge on any atom is 0.312 e. The van der Waals surface area contributed by atoms with Gasteiger partial charge in [0.2, 0.25) is 0 Å². The summed E-state index contributed by atoms with van der Waals surface area (Å²) in [4.78, 5) is 33.5. The van der Waals surface area contributed by atoms with Gasteiger partial charge < -0.3 is 4.74 Å². The zero-order valence-electron chi connectivity index (χ0n) is 14.4. The predicted octanol–water partition coefficient (Wildman–Crippen LogP) is 3.47. The molecule has 0 saturated heterocycles. The van der Waals surface area contributed by atoms with E-state index in [-0.39, 0.29) is 18.6 Å². The Kier molecular flexibility index (Phi) is 4.83. The van der Waals surface area contributed by atoms with Crippen molar-refractivity contribution in [3.8, 4) is 10.6 Å². The molecule has 3 aromatic heterocycles. The highest BCUT2D eigenvalue weighted by Gasteiger charge is 2.12. The van der Waals surface area contributed by atoms with Crippen LogP contribution in [0.5, 0.6) is 0 Å². The number of hydrogen-bond donors (Lipinski definition) is 0. The molecule has 27 heavy (non-hydrogen) atoms. The van der Waals surface area contributed by atoms with Gasteiger partial charge >= 0.3 is 5.97 Å². The van der Waals surface area contributed by atoms with Gasteiger partial charge in [0.25, 0.3) is 5.56 Å². The number of ether oxygens (including phenoxy) is 1. The third kappa shape index (κ3) is 3.96. The van der Waals surface area contributed by atoms with Crippen LogP contribution >= 0.6 is 22.7 Å². The molecular formula is C19H15N3O3S2. The highest BCUT2D eigenvalue weighted by atomic mass is 32.1. The normalized spacial score (nSPS) is 11.0. The summed E-state index contributed by atoms with van der Waals surface area (Å²) < 4.78 is 6.72. The smallest absolute Gasteiger partial charge is 0.312 e. The van der Waals surface area contributed by atoms with Gasteiger partial charge in [-0.3, -0.25) is 14.0 Å². The summed E-state index contributed by atoms with van der Waals surface area (Å²) in [6.45, 7) is 2.00. The first-order valence-electron chi connectivity index (χ1n) is 8.21. The van der Waals surface area contributed by atoms with Crippen molar-refractivity contribution in [1.29, 1.82) is 0 Å². The third-order valence-corrected chi connectivity index (χ3v) is 5.58. The van der Waals surface area contributed by atoms with Crippen molar-refractivity contribution in [3.63, 3.8) is 0 Å². The number of hydrogen-bond acceptors (Lipinski definition) is 7. The lowest BCUT2D eigenvalue weighted by Gasteiger charge is -2.03. The second-order valence-electron chi connectivity index (χ2n) is 5.99. The summed E-state index contributed by atoms with van der Waals surface area (Å²) in [5.41, 5.74) is 3.12. The number of fused-ring (bicyclic) bond motifs is 1. The molecule has 4 aromatic rings. The molecule has 0 N–H and O–H groups in total. The SMILES string of the molecule is Cc1cccc(-c2nc(CC(=O)OCc3cc(=O)n4ccsc4n3)cs2)c1. The number of rotatable bonds is 5. The molecule has 0 aliphatic carbocycles. The number of aromatic nitrogens is 3. The van der Waals surface area contributed by atoms with Crippen molar-refractivity contribution in [1.82, 2.24) is 14.4 Å². The molecule has 6 nitrogen and oxygen atoms in total. The molecule has 0 spiro atoms. The number of nitrogens with zero attached hydrogens (tertiary/aromatic N) is 3. The van der Waals surface area contributed by atoms with E-state index in [0.717, 1.165) is 16.1 Å². The molecule has 4 rings (SSSR count). The van der Waals surface area contributed by atoms with E-state index in [1.807, 2.05) is 30.5 Å². The molecule has 0 aliphatic rings. The van der Waals surface area contributed by atoms with Crippen molar-refractivity contribution >= 4 is 33.6 Å². The molecule has 136 valence electrons. The summed E-state index contributed by atoms with van der Waals surface area (Å²) in [6.07, 6.45) is 1.75. The van der Waals surface area contributed by atoms with Crippen LogP contribution < -0.4 is 5.56 Å². The van der Waals surface area contributed by atoms with Crippen molar-refractivity contribution < 1.29 is 9.53 Å². The van der Waals surface area contributed by atoms with E-state index < -0.39 is 5.97 Å². The Bertz CT molecular complexity index is 1180. The lowest BCUT2D eigenvalue weighted by Crippen LogP contribution is -2.15. The highest BCUT2D eigenvalue weighted by molar-refractivity contribution is 7.15. The van der Waals surface area contributed by atoms with E-state index in [0.29, 0.717) is 16.3 Å². The van der Waals surface area contributed by atoms with E-state index in [4.69, 9.17) is 4.74 Å². The van der Waals surface area contributed by atoms with E-state index in [1.165, 1.54) is 33.1 Å². The number of benzene rings is 1. The number of aryl methyl sites for hydroxylation is 1. The van der Waals surface area contributed by atoms with Crippen LogP contribution in [-0.2, 0) is 22.6 Å². The standard InChI is InChI=1S/C19H15N3O3S2/c1-12-3-2-4-13(7-12)18-20-15(11-27-18)9-17(24)25-10-14-8-16(23)22-5-6-26-19(22)21-14/h2-8,11H,9-10H2,1H3. The van der Waals surface area contributed by atoms with Crippen LogP contribution in [0.15, 0.2) is 52.1 Å².